The molecule has 2 bridgehead atoms. The number of carbonyl (C=O) groups is 1. The van der Waals surface area contributed by atoms with Crippen molar-refractivity contribution >= 4 is 63.0 Å². The normalized spacial score (nSPS) is 28.2. The van der Waals surface area contributed by atoms with Crippen LogP contribution in [0, 0.1) is 0 Å². The van der Waals surface area contributed by atoms with Crippen molar-refractivity contribution in [2.75, 3.05) is 14.2 Å². The van der Waals surface area contributed by atoms with Gasteiger partial charge in [-0.3, -0.25) is 4.79 Å². The van der Waals surface area contributed by atoms with E-state index in [1.54, 1.807) is 7.11 Å². The van der Waals surface area contributed by atoms with E-state index in [4.69, 9.17) is 9.47 Å². The SMILES string of the molecule is CN[C@@H]1C[C@H]2OC(C)([C@@H]1OC)n1c3ccccc3c3c4c(c5c6ccccc6n2c5c31)C(=O)N[C@@H]4O.S. The van der Waals surface area contributed by atoms with Crippen LogP contribution in [0.15, 0.2) is 48.5 Å². The smallest absolute Gasteiger partial charge is 0.254 e. The maximum Gasteiger partial charge on any atom is 0.254 e. The summed E-state index contributed by atoms with van der Waals surface area (Å²) in [5.41, 5.74) is 4.25. The number of likely N-dealkylation sites (N-methyl/N-ethyl adjacent to an activating group) is 1. The highest BCUT2D eigenvalue weighted by atomic mass is 32.1. The maximum atomic E-state index is 13.4. The molecule has 5 aromatic rings. The molecular formula is C28H28N4O4S. The summed E-state index contributed by atoms with van der Waals surface area (Å²) in [6.07, 6.45) is -0.941. The van der Waals surface area contributed by atoms with E-state index in [2.05, 4.69) is 51.0 Å². The minimum atomic E-state index is -1.09. The van der Waals surface area contributed by atoms with Crippen LogP contribution in [0.5, 0.6) is 0 Å². The predicted molar refractivity (Wildman–Crippen MR) is 147 cm³/mol. The number of aliphatic hydroxyl groups is 1. The van der Waals surface area contributed by atoms with Crippen molar-refractivity contribution < 1.29 is 19.4 Å². The Morgan fingerprint density at radius 2 is 1.76 bits per heavy atom. The number of methoxy groups -OCH3 is 1. The van der Waals surface area contributed by atoms with E-state index in [9.17, 15) is 9.90 Å². The molecule has 37 heavy (non-hydrogen) atoms. The van der Waals surface area contributed by atoms with Crippen molar-refractivity contribution in [3.05, 3.63) is 59.7 Å². The molecular weight excluding hydrogens is 488 g/mol. The summed E-state index contributed by atoms with van der Waals surface area (Å²) in [4.78, 5) is 13.4. The minimum absolute atomic E-state index is 0. The van der Waals surface area contributed by atoms with Crippen LogP contribution in [0.3, 0.4) is 0 Å². The van der Waals surface area contributed by atoms with E-state index in [0.717, 1.165) is 43.6 Å². The number of hydrogen-bond donors (Lipinski definition) is 3. The average molecular weight is 517 g/mol. The van der Waals surface area contributed by atoms with Gasteiger partial charge in [0, 0.05) is 46.7 Å². The van der Waals surface area contributed by atoms with Gasteiger partial charge in [-0.2, -0.15) is 13.5 Å². The third-order valence-corrected chi connectivity index (χ3v) is 8.65. The van der Waals surface area contributed by atoms with Crippen molar-refractivity contribution in [2.45, 2.75) is 43.7 Å². The number of benzene rings is 3. The Labute approximate surface area is 219 Å². The van der Waals surface area contributed by atoms with E-state index < -0.39 is 12.0 Å². The van der Waals surface area contributed by atoms with Crippen molar-refractivity contribution in [3.63, 3.8) is 0 Å². The number of nitrogens with one attached hydrogen (secondary N) is 2. The molecule has 9 heteroatoms. The fourth-order valence-corrected chi connectivity index (χ4v) is 7.38. The summed E-state index contributed by atoms with van der Waals surface area (Å²) < 4.78 is 17.7. The number of aliphatic hydroxyl groups excluding tert-OH is 1. The van der Waals surface area contributed by atoms with Gasteiger partial charge in [0.15, 0.2) is 12.0 Å². The van der Waals surface area contributed by atoms with Gasteiger partial charge < -0.3 is 34.3 Å². The zero-order chi connectivity index (χ0) is 24.5. The summed E-state index contributed by atoms with van der Waals surface area (Å²) in [5.74, 6) is -0.249. The molecule has 2 aromatic heterocycles. The number of para-hydroxylation sites is 2. The van der Waals surface area contributed by atoms with Crippen molar-refractivity contribution in [1.82, 2.24) is 19.8 Å². The molecule has 0 saturated carbocycles. The number of fused-ring (bicyclic) bond motifs is 13. The van der Waals surface area contributed by atoms with E-state index >= 15 is 0 Å². The van der Waals surface area contributed by atoms with Crippen LogP contribution >= 0.6 is 13.5 Å². The third kappa shape index (κ3) is 2.51. The molecule has 3 aliphatic rings. The Balaban J connectivity index is 0.00000231. The number of carbonyl (C=O) groups excluding carboxylic acids is 1. The first-order valence-corrected chi connectivity index (χ1v) is 12.4. The molecule has 5 atom stereocenters. The average Bonchev–Trinajstić information content (AvgIpc) is 3.48. The second-order valence-corrected chi connectivity index (χ2v) is 10.3. The number of hydrogen-bond acceptors (Lipinski definition) is 5. The molecule has 3 aromatic carbocycles. The molecule has 1 unspecified atom stereocenters. The highest BCUT2D eigenvalue weighted by molar-refractivity contribution is 7.59. The van der Waals surface area contributed by atoms with Gasteiger partial charge in [0.05, 0.1) is 27.6 Å². The number of aromatic nitrogens is 2. The molecule has 0 aliphatic carbocycles. The maximum absolute atomic E-state index is 13.4. The Morgan fingerprint density at radius 1 is 1.08 bits per heavy atom. The van der Waals surface area contributed by atoms with E-state index in [1.807, 2.05) is 31.3 Å². The van der Waals surface area contributed by atoms with E-state index in [-0.39, 0.29) is 37.8 Å². The van der Waals surface area contributed by atoms with Gasteiger partial charge in [-0.25, -0.2) is 0 Å². The zero-order valence-corrected chi connectivity index (χ0v) is 21.7. The Hall–Kier alpha value is -3.08. The fourth-order valence-electron chi connectivity index (χ4n) is 7.38. The standard InChI is InChI=1S/C28H26N4O4.H2S/c1-28-25(35-3)15(29-2)12-18(36-28)31-16-10-6-4-8-13(16)19-21-22(27(34)30-26(21)33)20-14-9-5-7-11-17(14)32(28)24(20)23(19)31;/h4-11,15,18,25,27,29,34H,12H2,1-3H3,(H,30,33);1H2/t15-,18-,25-,27-,28?;/m1./s1. The van der Waals surface area contributed by atoms with E-state index in [0.29, 0.717) is 17.5 Å². The molecule has 8 rings (SSSR count). The first-order chi connectivity index (χ1) is 17.5. The first-order valence-electron chi connectivity index (χ1n) is 12.4. The predicted octanol–water partition coefficient (Wildman–Crippen LogP) is 3.96. The summed E-state index contributed by atoms with van der Waals surface area (Å²) in [6, 6.07) is 16.4. The van der Waals surface area contributed by atoms with Crippen LogP contribution in [0.4, 0.5) is 0 Å². The van der Waals surface area contributed by atoms with Crippen LogP contribution < -0.4 is 10.6 Å². The van der Waals surface area contributed by atoms with Gasteiger partial charge in [-0.15, -0.1) is 0 Å². The molecule has 0 spiro atoms. The molecule has 3 aliphatic heterocycles. The van der Waals surface area contributed by atoms with Gasteiger partial charge in [0.25, 0.3) is 5.91 Å². The molecule has 0 radical (unpaired) electrons. The fraction of sp³-hybridized carbons (Fsp3) is 0.321. The number of nitrogens with zero attached hydrogens (tertiary/aromatic N) is 2. The molecule has 3 N–H and O–H groups in total. The topological polar surface area (TPSA) is 89.7 Å². The summed E-state index contributed by atoms with van der Waals surface area (Å²) >= 11 is 0. The molecule has 1 saturated heterocycles. The van der Waals surface area contributed by atoms with Crippen LogP contribution in [0.2, 0.25) is 0 Å². The zero-order valence-electron chi connectivity index (χ0n) is 20.7. The minimum Gasteiger partial charge on any atom is -0.375 e. The first kappa shape index (κ1) is 23.1. The van der Waals surface area contributed by atoms with Gasteiger partial charge in [0.2, 0.25) is 0 Å². The van der Waals surface area contributed by atoms with Gasteiger partial charge >= 0.3 is 0 Å². The van der Waals surface area contributed by atoms with Crippen molar-refractivity contribution in [1.29, 1.82) is 0 Å². The lowest BCUT2D eigenvalue weighted by Gasteiger charge is -2.48. The molecule has 190 valence electrons. The number of ether oxygens (including phenoxy) is 2. The molecule has 1 amide bonds. The van der Waals surface area contributed by atoms with Crippen molar-refractivity contribution in [2.24, 2.45) is 0 Å². The lowest BCUT2D eigenvalue weighted by atomic mass is 9.93. The quantitative estimate of drug-likeness (QED) is 0.331. The highest BCUT2D eigenvalue weighted by Crippen LogP contribution is 2.54. The Morgan fingerprint density at radius 3 is 2.46 bits per heavy atom. The summed E-state index contributed by atoms with van der Waals surface area (Å²) in [5, 5.41) is 21.1. The van der Waals surface area contributed by atoms with Gasteiger partial charge in [0.1, 0.15) is 12.3 Å². The largest absolute Gasteiger partial charge is 0.375 e. The number of rotatable bonds is 2. The number of amides is 1. The lowest BCUT2D eigenvalue weighted by Crippen LogP contribution is -2.59. The second-order valence-electron chi connectivity index (χ2n) is 10.3. The second kappa shape index (κ2) is 7.49. The lowest BCUT2D eigenvalue weighted by molar-refractivity contribution is -0.256. The van der Waals surface area contributed by atoms with Gasteiger partial charge in [-0.1, -0.05) is 36.4 Å². The Kier molecular flexibility index (Phi) is 4.67. The van der Waals surface area contributed by atoms with Crippen molar-refractivity contribution in [3.8, 4) is 0 Å². The van der Waals surface area contributed by atoms with Gasteiger partial charge in [-0.05, 0) is 26.1 Å². The monoisotopic (exact) mass is 516 g/mol. The summed E-state index contributed by atoms with van der Waals surface area (Å²) in [6.45, 7) is 2.09. The van der Waals surface area contributed by atoms with Crippen LogP contribution in [0.25, 0.3) is 43.6 Å². The van der Waals surface area contributed by atoms with Crippen LogP contribution in [-0.4, -0.2) is 46.5 Å². The van der Waals surface area contributed by atoms with Crippen LogP contribution in [-0.2, 0) is 15.2 Å². The van der Waals surface area contributed by atoms with Crippen LogP contribution in [0.1, 0.15) is 41.7 Å². The highest BCUT2D eigenvalue weighted by Gasteiger charge is 2.53. The molecule has 5 heterocycles. The Bertz CT molecular complexity index is 1790. The summed E-state index contributed by atoms with van der Waals surface area (Å²) in [7, 11) is 3.70. The molecule has 1 fully saturated rings. The molecule has 8 nitrogen and oxygen atoms in total. The van der Waals surface area contributed by atoms with E-state index in [1.165, 1.54) is 0 Å². The third-order valence-electron chi connectivity index (χ3n) is 8.65.